The molecule has 0 heterocycles. The fraction of sp³-hybridized carbons (Fsp3) is 1.00. The molecule has 0 aliphatic rings. The maximum Gasteiger partial charge on any atom is 0.108 e. The van der Waals surface area contributed by atoms with Gasteiger partial charge in [0.15, 0.2) is 0 Å². The summed E-state index contributed by atoms with van der Waals surface area (Å²) in [4.78, 5) is 0. The van der Waals surface area contributed by atoms with Crippen molar-refractivity contribution in [2.75, 3.05) is 0 Å². The summed E-state index contributed by atoms with van der Waals surface area (Å²) in [5.41, 5.74) is 0. The van der Waals surface area contributed by atoms with Gasteiger partial charge in [0.1, 0.15) is 12.2 Å². The topological polar surface area (TPSA) is 80.9 Å². The average molecular weight is 164 g/mol. The van der Waals surface area contributed by atoms with Gasteiger partial charge in [-0.2, -0.15) is 0 Å². The lowest BCUT2D eigenvalue weighted by Gasteiger charge is -2.23. The molecule has 0 aromatic carbocycles. The quantitative estimate of drug-likeness (QED) is 0.423. The summed E-state index contributed by atoms with van der Waals surface area (Å²) in [6.45, 7) is 3.04. The molecular formula is C7H16O4. The Balaban J connectivity index is 3.90. The highest BCUT2D eigenvalue weighted by molar-refractivity contribution is 4.77. The minimum Gasteiger partial charge on any atom is -0.391 e. The van der Waals surface area contributed by atoms with Crippen LogP contribution in [-0.2, 0) is 0 Å². The predicted octanol–water partition coefficient (Wildman–Crippen LogP) is -1.14. The van der Waals surface area contributed by atoms with Crippen molar-refractivity contribution in [2.45, 2.75) is 44.7 Å². The van der Waals surface area contributed by atoms with Crippen LogP contribution >= 0.6 is 0 Å². The van der Waals surface area contributed by atoms with Crippen LogP contribution in [-0.4, -0.2) is 44.8 Å². The van der Waals surface area contributed by atoms with E-state index in [9.17, 15) is 0 Å². The van der Waals surface area contributed by atoms with E-state index in [1.54, 1.807) is 6.92 Å². The van der Waals surface area contributed by atoms with Crippen LogP contribution in [0.2, 0.25) is 0 Å². The molecule has 68 valence electrons. The molecule has 4 N–H and O–H groups in total. The summed E-state index contributed by atoms with van der Waals surface area (Å²) in [5, 5.41) is 36.0. The van der Waals surface area contributed by atoms with Crippen LogP contribution in [0.3, 0.4) is 0 Å². The number of rotatable bonds is 4. The first-order valence-electron chi connectivity index (χ1n) is 3.73. The van der Waals surface area contributed by atoms with Gasteiger partial charge in [0.2, 0.25) is 0 Å². The van der Waals surface area contributed by atoms with E-state index in [2.05, 4.69) is 0 Å². The third-order valence-corrected chi connectivity index (χ3v) is 1.66. The van der Waals surface area contributed by atoms with Gasteiger partial charge >= 0.3 is 0 Å². The van der Waals surface area contributed by atoms with E-state index in [0.717, 1.165) is 0 Å². The minimum atomic E-state index is -1.27. The van der Waals surface area contributed by atoms with Crippen molar-refractivity contribution >= 4 is 0 Å². The standard InChI is InChI=1S/C7H16O4/c1-3-5(9)7(11)6(10)4(2)8/h4-11H,3H2,1-2H3/t4-,5+,6+,7+/m0/s1. The lowest BCUT2D eigenvalue weighted by Crippen LogP contribution is -2.42. The van der Waals surface area contributed by atoms with Crippen molar-refractivity contribution < 1.29 is 20.4 Å². The third-order valence-electron chi connectivity index (χ3n) is 1.66. The van der Waals surface area contributed by atoms with Crippen LogP contribution in [0.15, 0.2) is 0 Å². The molecule has 0 spiro atoms. The Hall–Kier alpha value is -0.160. The molecule has 0 bridgehead atoms. The van der Waals surface area contributed by atoms with Gasteiger partial charge in [-0.05, 0) is 13.3 Å². The molecule has 4 nitrogen and oxygen atoms in total. The Labute approximate surface area is 66.1 Å². The number of aliphatic hydroxyl groups is 4. The lowest BCUT2D eigenvalue weighted by molar-refractivity contribution is -0.100. The maximum atomic E-state index is 9.10. The lowest BCUT2D eigenvalue weighted by atomic mass is 10.0. The summed E-state index contributed by atoms with van der Waals surface area (Å²) in [6.07, 6.45) is -4.18. The minimum absolute atomic E-state index is 0.352. The van der Waals surface area contributed by atoms with Crippen molar-refractivity contribution in [3.8, 4) is 0 Å². The molecule has 0 aliphatic carbocycles. The van der Waals surface area contributed by atoms with Gasteiger partial charge in [-0.15, -0.1) is 0 Å². The van der Waals surface area contributed by atoms with Crippen molar-refractivity contribution in [2.24, 2.45) is 0 Å². The van der Waals surface area contributed by atoms with Crippen LogP contribution in [0.25, 0.3) is 0 Å². The molecule has 0 saturated carbocycles. The van der Waals surface area contributed by atoms with Gasteiger partial charge in [-0.1, -0.05) is 6.92 Å². The SMILES string of the molecule is CC[C@@H](O)[C@@H](O)[C@H](O)[C@H](C)O. The van der Waals surface area contributed by atoms with Crippen molar-refractivity contribution in [1.29, 1.82) is 0 Å². The van der Waals surface area contributed by atoms with E-state index in [4.69, 9.17) is 20.4 Å². The first-order chi connectivity index (χ1) is 5.00. The Morgan fingerprint density at radius 3 is 1.73 bits per heavy atom. The largest absolute Gasteiger partial charge is 0.391 e. The summed E-state index contributed by atoms with van der Waals surface area (Å²) < 4.78 is 0. The summed E-state index contributed by atoms with van der Waals surface area (Å²) in [6, 6.07) is 0. The van der Waals surface area contributed by atoms with E-state index < -0.39 is 24.4 Å². The molecule has 0 aromatic heterocycles. The van der Waals surface area contributed by atoms with Gasteiger partial charge in [-0.3, -0.25) is 0 Å². The van der Waals surface area contributed by atoms with Crippen LogP contribution in [0.4, 0.5) is 0 Å². The van der Waals surface area contributed by atoms with E-state index in [0.29, 0.717) is 6.42 Å². The van der Waals surface area contributed by atoms with E-state index in [-0.39, 0.29) is 0 Å². The molecule has 4 atom stereocenters. The van der Waals surface area contributed by atoms with Crippen molar-refractivity contribution in [3.05, 3.63) is 0 Å². The number of hydrogen-bond acceptors (Lipinski definition) is 4. The van der Waals surface area contributed by atoms with Crippen LogP contribution in [0, 0.1) is 0 Å². The molecule has 0 saturated heterocycles. The first-order valence-corrected chi connectivity index (χ1v) is 3.73. The molecule has 0 fully saturated rings. The van der Waals surface area contributed by atoms with Gasteiger partial charge in [0.05, 0.1) is 12.2 Å². The van der Waals surface area contributed by atoms with E-state index >= 15 is 0 Å². The molecular weight excluding hydrogens is 148 g/mol. The first kappa shape index (κ1) is 10.8. The Morgan fingerprint density at radius 2 is 1.45 bits per heavy atom. The van der Waals surface area contributed by atoms with Gasteiger partial charge in [-0.25, -0.2) is 0 Å². The molecule has 4 heteroatoms. The highest BCUT2D eigenvalue weighted by Gasteiger charge is 2.26. The Bertz CT molecular complexity index is 105. The molecule has 0 aromatic rings. The maximum absolute atomic E-state index is 9.10. The normalized spacial score (nSPS) is 22.4. The van der Waals surface area contributed by atoms with Crippen LogP contribution in [0.5, 0.6) is 0 Å². The second-order valence-corrected chi connectivity index (χ2v) is 2.70. The van der Waals surface area contributed by atoms with E-state index in [1.807, 2.05) is 0 Å². The number of hydrogen-bond donors (Lipinski definition) is 4. The highest BCUT2D eigenvalue weighted by Crippen LogP contribution is 2.06. The van der Waals surface area contributed by atoms with Crippen molar-refractivity contribution in [1.82, 2.24) is 0 Å². The van der Waals surface area contributed by atoms with Gasteiger partial charge in [0, 0.05) is 0 Å². The molecule has 0 rings (SSSR count). The Kier molecular flexibility index (Phi) is 4.60. The van der Waals surface area contributed by atoms with E-state index in [1.165, 1.54) is 6.92 Å². The third kappa shape index (κ3) is 3.16. The second kappa shape index (κ2) is 4.66. The zero-order chi connectivity index (χ0) is 9.02. The summed E-state index contributed by atoms with van der Waals surface area (Å²) in [7, 11) is 0. The van der Waals surface area contributed by atoms with Crippen LogP contribution < -0.4 is 0 Å². The Morgan fingerprint density at radius 1 is 1.00 bits per heavy atom. The summed E-state index contributed by atoms with van der Waals surface area (Å²) >= 11 is 0. The fourth-order valence-corrected chi connectivity index (χ4v) is 0.754. The van der Waals surface area contributed by atoms with Gasteiger partial charge in [0.25, 0.3) is 0 Å². The summed E-state index contributed by atoms with van der Waals surface area (Å²) in [5.74, 6) is 0. The average Bonchev–Trinajstić information content (AvgIpc) is 2.00. The molecule has 0 amide bonds. The predicted molar refractivity (Wildman–Crippen MR) is 40.0 cm³/mol. The molecule has 0 aliphatic heterocycles. The second-order valence-electron chi connectivity index (χ2n) is 2.70. The molecule has 11 heavy (non-hydrogen) atoms. The number of aliphatic hydroxyl groups excluding tert-OH is 4. The zero-order valence-corrected chi connectivity index (χ0v) is 6.81. The van der Waals surface area contributed by atoms with Crippen molar-refractivity contribution in [3.63, 3.8) is 0 Å². The van der Waals surface area contributed by atoms with Crippen LogP contribution in [0.1, 0.15) is 20.3 Å². The fourth-order valence-electron chi connectivity index (χ4n) is 0.754. The highest BCUT2D eigenvalue weighted by atomic mass is 16.4. The van der Waals surface area contributed by atoms with Gasteiger partial charge < -0.3 is 20.4 Å². The smallest absolute Gasteiger partial charge is 0.108 e. The molecule has 0 unspecified atom stereocenters. The monoisotopic (exact) mass is 164 g/mol. The molecule has 0 radical (unpaired) electrons. The zero-order valence-electron chi connectivity index (χ0n) is 6.81.